The lowest BCUT2D eigenvalue weighted by molar-refractivity contribution is 0.269. The second kappa shape index (κ2) is 11.2. The predicted molar refractivity (Wildman–Crippen MR) is 124 cm³/mol. The molecule has 0 atom stereocenters. The predicted octanol–water partition coefficient (Wildman–Crippen LogP) is 6.89. The smallest absolute Gasteiger partial charge is 0.180 e. The Kier molecular flexibility index (Phi) is 8.41. The molecule has 0 aliphatic rings. The number of ether oxygens (including phenoxy) is 2. The Balaban J connectivity index is 1.70. The van der Waals surface area contributed by atoms with Crippen LogP contribution in [0.1, 0.15) is 23.6 Å². The topological polar surface area (TPSA) is 42.8 Å². The molecule has 0 saturated heterocycles. The summed E-state index contributed by atoms with van der Waals surface area (Å²) in [4.78, 5) is 0. The molecule has 0 aromatic heterocycles. The highest BCUT2D eigenvalue weighted by Crippen LogP contribution is 2.37. The number of halogens is 4. The summed E-state index contributed by atoms with van der Waals surface area (Å²) >= 11 is 18.7. The molecule has 0 unspecified atom stereocenters. The van der Waals surface area contributed by atoms with Gasteiger partial charge in [0.05, 0.1) is 24.4 Å². The minimum Gasteiger partial charge on any atom is -0.490 e. The van der Waals surface area contributed by atoms with Gasteiger partial charge in [-0.2, -0.15) is 5.10 Å². The average Bonchev–Trinajstić information content (AvgIpc) is 2.74. The lowest BCUT2D eigenvalue weighted by Crippen LogP contribution is -2.07. The van der Waals surface area contributed by atoms with Crippen molar-refractivity contribution in [2.24, 2.45) is 5.10 Å². The van der Waals surface area contributed by atoms with Crippen molar-refractivity contribution in [3.05, 3.63) is 92.2 Å². The third-order valence-electron chi connectivity index (χ3n) is 4.25. The number of hydrazone groups is 1. The Bertz CT molecular complexity index is 1040. The number of nitrogens with one attached hydrogen (secondary N) is 1. The molecule has 1 N–H and O–H groups in total. The van der Waals surface area contributed by atoms with Gasteiger partial charge in [0.1, 0.15) is 12.4 Å². The van der Waals surface area contributed by atoms with Crippen LogP contribution in [0.25, 0.3) is 0 Å². The molecule has 0 saturated carbocycles. The van der Waals surface area contributed by atoms with Gasteiger partial charge in [-0.15, -0.1) is 0 Å². The summed E-state index contributed by atoms with van der Waals surface area (Å²) < 4.78 is 24.6. The van der Waals surface area contributed by atoms with E-state index in [-0.39, 0.29) is 12.4 Å². The zero-order valence-corrected chi connectivity index (χ0v) is 18.9. The van der Waals surface area contributed by atoms with Gasteiger partial charge in [0.25, 0.3) is 0 Å². The Morgan fingerprint density at radius 3 is 2.35 bits per heavy atom. The van der Waals surface area contributed by atoms with Crippen LogP contribution in [0.3, 0.4) is 0 Å². The molecule has 162 valence electrons. The highest BCUT2D eigenvalue weighted by molar-refractivity contribution is 6.36. The first-order valence-corrected chi connectivity index (χ1v) is 10.6. The molecule has 0 amide bonds. The van der Waals surface area contributed by atoms with Crippen LogP contribution in [-0.4, -0.2) is 12.8 Å². The molecule has 0 fully saturated rings. The number of nitrogens with zero attached hydrogens (tertiary/aromatic N) is 1. The summed E-state index contributed by atoms with van der Waals surface area (Å²) in [5.41, 5.74) is 5.22. The first-order chi connectivity index (χ1) is 15.0. The van der Waals surface area contributed by atoms with Gasteiger partial charge >= 0.3 is 0 Å². The minimum atomic E-state index is -0.300. The summed E-state index contributed by atoms with van der Waals surface area (Å²) in [6.07, 6.45) is 1.61. The van der Waals surface area contributed by atoms with Crippen molar-refractivity contribution in [2.45, 2.75) is 20.1 Å². The lowest BCUT2D eigenvalue weighted by atomic mass is 10.2. The van der Waals surface area contributed by atoms with Gasteiger partial charge in [-0.1, -0.05) is 53.0 Å². The maximum Gasteiger partial charge on any atom is 0.180 e. The second-order valence-corrected chi connectivity index (χ2v) is 7.69. The Hall–Kier alpha value is -2.47. The van der Waals surface area contributed by atoms with Crippen molar-refractivity contribution in [1.29, 1.82) is 0 Å². The molecule has 3 rings (SSSR count). The fourth-order valence-electron chi connectivity index (χ4n) is 2.75. The molecular formula is C23H20Cl3FN2O2. The van der Waals surface area contributed by atoms with E-state index in [1.807, 2.05) is 6.92 Å². The molecule has 3 aromatic rings. The fourth-order valence-corrected chi connectivity index (χ4v) is 3.55. The first-order valence-electron chi connectivity index (χ1n) is 9.50. The van der Waals surface area contributed by atoms with E-state index in [0.717, 1.165) is 16.7 Å². The highest BCUT2D eigenvalue weighted by atomic mass is 35.5. The summed E-state index contributed by atoms with van der Waals surface area (Å²) in [6.45, 7) is 2.91. The summed E-state index contributed by atoms with van der Waals surface area (Å²) in [5.74, 6) is 0.611. The number of hydrogen-bond donors (Lipinski definition) is 1. The Morgan fingerprint density at radius 1 is 0.968 bits per heavy atom. The zero-order valence-electron chi connectivity index (χ0n) is 16.7. The van der Waals surface area contributed by atoms with Crippen LogP contribution in [0, 0.1) is 5.82 Å². The molecular weight excluding hydrogens is 462 g/mol. The van der Waals surface area contributed by atoms with Crippen molar-refractivity contribution in [3.63, 3.8) is 0 Å². The maximum atomic E-state index is 13.1. The standard InChI is InChI=1S/C23H20Cl3FN2O2/c1-2-30-22-11-16(12-28-29-13-18-19(24)4-3-5-20(18)25)10-21(26)23(22)31-14-15-6-8-17(27)9-7-15/h3-12,29H,2,13-14H2,1H3/b28-12+. The van der Waals surface area contributed by atoms with Crippen molar-refractivity contribution < 1.29 is 13.9 Å². The second-order valence-electron chi connectivity index (χ2n) is 6.47. The SMILES string of the molecule is CCOc1cc(/C=N/NCc2c(Cl)cccc2Cl)cc(Cl)c1OCc1ccc(F)cc1. The van der Waals surface area contributed by atoms with Crippen molar-refractivity contribution in [3.8, 4) is 11.5 Å². The van der Waals surface area contributed by atoms with Crippen LogP contribution >= 0.6 is 34.8 Å². The molecule has 0 spiro atoms. The van der Waals surface area contributed by atoms with E-state index in [1.54, 1.807) is 48.7 Å². The van der Waals surface area contributed by atoms with Gasteiger partial charge in [-0.3, -0.25) is 0 Å². The van der Waals surface area contributed by atoms with Crippen LogP contribution in [0.15, 0.2) is 59.7 Å². The van der Waals surface area contributed by atoms with Crippen LogP contribution in [-0.2, 0) is 13.2 Å². The molecule has 8 heteroatoms. The van der Waals surface area contributed by atoms with Crippen LogP contribution in [0.5, 0.6) is 11.5 Å². The maximum absolute atomic E-state index is 13.1. The van der Waals surface area contributed by atoms with Crippen molar-refractivity contribution >= 4 is 41.0 Å². The molecule has 0 radical (unpaired) electrons. The Labute approximate surface area is 195 Å². The quantitative estimate of drug-likeness (QED) is 0.267. The van der Waals surface area contributed by atoms with Gasteiger partial charge in [0, 0.05) is 15.6 Å². The largest absolute Gasteiger partial charge is 0.490 e. The van der Waals surface area contributed by atoms with Crippen LogP contribution in [0.2, 0.25) is 15.1 Å². The molecule has 0 heterocycles. The average molecular weight is 482 g/mol. The van der Waals surface area contributed by atoms with Gasteiger partial charge < -0.3 is 14.9 Å². The van der Waals surface area contributed by atoms with Gasteiger partial charge in [0.15, 0.2) is 11.5 Å². The molecule has 31 heavy (non-hydrogen) atoms. The first kappa shape index (κ1) is 23.2. The highest BCUT2D eigenvalue weighted by Gasteiger charge is 2.13. The van der Waals surface area contributed by atoms with Gasteiger partial charge in [-0.05, 0) is 54.4 Å². The number of rotatable bonds is 9. The van der Waals surface area contributed by atoms with Crippen LogP contribution < -0.4 is 14.9 Å². The van der Waals surface area contributed by atoms with Gasteiger partial charge in [0.2, 0.25) is 0 Å². The van der Waals surface area contributed by atoms with Crippen molar-refractivity contribution in [1.82, 2.24) is 5.43 Å². The van der Waals surface area contributed by atoms with E-state index in [4.69, 9.17) is 44.3 Å². The number of benzene rings is 3. The number of hydrogen-bond acceptors (Lipinski definition) is 4. The molecule has 0 aliphatic heterocycles. The third kappa shape index (κ3) is 6.50. The zero-order chi connectivity index (χ0) is 22.2. The minimum absolute atomic E-state index is 0.230. The molecule has 3 aromatic carbocycles. The van der Waals surface area contributed by atoms with Crippen LogP contribution in [0.4, 0.5) is 4.39 Å². The van der Waals surface area contributed by atoms with E-state index in [0.29, 0.717) is 39.7 Å². The van der Waals surface area contributed by atoms with E-state index in [2.05, 4.69) is 10.5 Å². The summed E-state index contributed by atoms with van der Waals surface area (Å²) in [7, 11) is 0. The fraction of sp³-hybridized carbons (Fsp3) is 0.174. The van der Waals surface area contributed by atoms with Crippen molar-refractivity contribution in [2.75, 3.05) is 6.61 Å². The molecule has 0 aliphatic carbocycles. The monoisotopic (exact) mass is 480 g/mol. The lowest BCUT2D eigenvalue weighted by Gasteiger charge is -2.14. The molecule has 4 nitrogen and oxygen atoms in total. The summed E-state index contributed by atoms with van der Waals surface area (Å²) in [5, 5.41) is 5.73. The van der Waals surface area contributed by atoms with Gasteiger partial charge in [-0.25, -0.2) is 4.39 Å². The molecule has 0 bridgehead atoms. The van der Waals surface area contributed by atoms with E-state index in [1.165, 1.54) is 12.1 Å². The third-order valence-corrected chi connectivity index (χ3v) is 5.24. The summed E-state index contributed by atoms with van der Waals surface area (Å²) in [6, 6.07) is 14.9. The van der Waals surface area contributed by atoms with E-state index < -0.39 is 0 Å². The Morgan fingerprint density at radius 2 is 1.68 bits per heavy atom. The normalized spacial score (nSPS) is 11.0. The van der Waals surface area contributed by atoms with E-state index >= 15 is 0 Å². The van der Waals surface area contributed by atoms with E-state index in [9.17, 15) is 4.39 Å².